The van der Waals surface area contributed by atoms with Crippen molar-refractivity contribution in [3.63, 3.8) is 0 Å². The number of aromatic nitrogens is 1. The van der Waals surface area contributed by atoms with Crippen LogP contribution < -0.4 is 21.4 Å². The van der Waals surface area contributed by atoms with Gasteiger partial charge in [-0.05, 0) is 32.3 Å². The SMILES string of the molecule is CC(N)C(=O)NCC1(C)CCN(c2c(F)cc3c(=O)c(C(=O)O)cn(C4CC4)c3c2F)C1. The molecule has 172 valence electrons. The van der Waals surface area contributed by atoms with Crippen LogP contribution in [0.5, 0.6) is 0 Å². The number of anilines is 1. The number of carbonyl (C=O) groups is 2. The molecule has 0 radical (unpaired) electrons. The summed E-state index contributed by atoms with van der Waals surface area (Å²) in [5, 5.41) is 11.8. The summed E-state index contributed by atoms with van der Waals surface area (Å²) in [6.07, 6.45) is 3.21. The summed E-state index contributed by atoms with van der Waals surface area (Å²) >= 11 is 0. The van der Waals surface area contributed by atoms with E-state index in [-0.39, 0.29) is 28.5 Å². The number of hydrogen-bond acceptors (Lipinski definition) is 5. The molecule has 4 N–H and O–H groups in total. The standard InChI is InChI=1S/C22H26F2N4O4/c1-11(25)20(30)26-9-22(2)5-6-27(10-22)18-15(23)7-13-17(16(18)24)28(12-3-4-12)8-14(19(13)29)21(31)32/h7-8,11-12H,3-6,9-10,25H2,1-2H3,(H,26,30)(H,31,32). The van der Waals surface area contributed by atoms with Crippen molar-refractivity contribution in [2.75, 3.05) is 24.5 Å². The second kappa shape index (κ2) is 7.84. The van der Waals surface area contributed by atoms with Crippen LogP contribution in [-0.2, 0) is 4.79 Å². The van der Waals surface area contributed by atoms with Gasteiger partial charge in [-0.1, -0.05) is 6.92 Å². The fourth-order valence-corrected chi connectivity index (χ4v) is 4.33. The van der Waals surface area contributed by atoms with Crippen LogP contribution in [0.25, 0.3) is 10.9 Å². The van der Waals surface area contributed by atoms with Gasteiger partial charge in [-0.25, -0.2) is 13.6 Å². The molecule has 2 aromatic rings. The second-order valence-corrected chi connectivity index (χ2v) is 9.22. The maximum absolute atomic E-state index is 15.7. The van der Waals surface area contributed by atoms with E-state index in [1.54, 1.807) is 11.8 Å². The maximum atomic E-state index is 15.7. The van der Waals surface area contributed by atoms with Crippen LogP contribution in [0.4, 0.5) is 14.5 Å². The third kappa shape index (κ3) is 3.83. The molecule has 2 aliphatic rings. The zero-order valence-electron chi connectivity index (χ0n) is 18.0. The van der Waals surface area contributed by atoms with E-state index in [1.165, 1.54) is 4.57 Å². The summed E-state index contributed by atoms with van der Waals surface area (Å²) in [4.78, 5) is 37.5. The summed E-state index contributed by atoms with van der Waals surface area (Å²) in [5.74, 6) is -3.51. The van der Waals surface area contributed by atoms with Gasteiger partial charge in [-0.15, -0.1) is 0 Å². The Hall–Kier alpha value is -3.01. The monoisotopic (exact) mass is 448 g/mol. The Morgan fingerprint density at radius 1 is 1.38 bits per heavy atom. The molecule has 0 bridgehead atoms. The van der Waals surface area contributed by atoms with Crippen LogP contribution in [0.1, 0.15) is 49.5 Å². The van der Waals surface area contributed by atoms with Gasteiger partial charge in [0.1, 0.15) is 17.1 Å². The number of benzene rings is 1. The first kappa shape index (κ1) is 22.2. The molecule has 1 aliphatic carbocycles. The molecule has 8 nitrogen and oxygen atoms in total. The number of carboxylic acid groups (broad SMARTS) is 1. The largest absolute Gasteiger partial charge is 0.477 e. The van der Waals surface area contributed by atoms with Crippen molar-refractivity contribution >= 4 is 28.5 Å². The molecule has 2 unspecified atom stereocenters. The highest BCUT2D eigenvalue weighted by Gasteiger charge is 2.38. The summed E-state index contributed by atoms with van der Waals surface area (Å²) in [6, 6.07) is 0.164. The maximum Gasteiger partial charge on any atom is 0.341 e. The predicted octanol–water partition coefficient (Wildman–Crippen LogP) is 1.99. The lowest BCUT2D eigenvalue weighted by atomic mass is 9.89. The molecule has 1 aromatic carbocycles. The number of nitrogens with two attached hydrogens (primary N) is 1. The zero-order chi connectivity index (χ0) is 23.4. The molecular formula is C22H26F2N4O4. The van der Waals surface area contributed by atoms with Crippen LogP contribution in [0.2, 0.25) is 0 Å². The molecule has 4 rings (SSSR count). The van der Waals surface area contributed by atoms with Crippen molar-refractivity contribution in [1.82, 2.24) is 9.88 Å². The number of nitrogens with zero attached hydrogens (tertiary/aromatic N) is 2. The Morgan fingerprint density at radius 2 is 2.06 bits per heavy atom. The van der Waals surface area contributed by atoms with Gasteiger partial charge in [0.15, 0.2) is 5.82 Å². The van der Waals surface area contributed by atoms with Crippen molar-refractivity contribution in [2.45, 2.75) is 45.2 Å². The van der Waals surface area contributed by atoms with E-state index in [0.29, 0.717) is 26.1 Å². The summed E-state index contributed by atoms with van der Waals surface area (Å²) in [5.41, 5.74) is 3.44. The summed E-state index contributed by atoms with van der Waals surface area (Å²) in [7, 11) is 0. The first-order valence-electron chi connectivity index (χ1n) is 10.6. The van der Waals surface area contributed by atoms with E-state index in [2.05, 4.69) is 5.32 Å². The van der Waals surface area contributed by atoms with Gasteiger partial charge in [-0.2, -0.15) is 0 Å². The minimum absolute atomic E-state index is 0.0715. The van der Waals surface area contributed by atoms with Crippen molar-refractivity contribution in [2.24, 2.45) is 11.1 Å². The zero-order valence-corrected chi connectivity index (χ0v) is 18.0. The lowest BCUT2D eigenvalue weighted by Crippen LogP contribution is -2.44. The molecule has 1 amide bonds. The van der Waals surface area contributed by atoms with Gasteiger partial charge < -0.3 is 25.6 Å². The Balaban J connectivity index is 1.74. The topological polar surface area (TPSA) is 118 Å². The van der Waals surface area contributed by atoms with Gasteiger partial charge in [0.05, 0.1) is 16.9 Å². The molecule has 1 aliphatic heterocycles. The number of hydrogen-bond donors (Lipinski definition) is 3. The van der Waals surface area contributed by atoms with Gasteiger partial charge in [0.2, 0.25) is 11.3 Å². The summed E-state index contributed by atoms with van der Waals surface area (Å²) < 4.78 is 32.3. The average molecular weight is 448 g/mol. The third-order valence-electron chi connectivity index (χ3n) is 6.33. The Labute approximate surface area is 183 Å². The number of aromatic carboxylic acids is 1. The highest BCUT2D eigenvalue weighted by atomic mass is 19.1. The fraction of sp³-hybridized carbons (Fsp3) is 0.500. The van der Waals surface area contributed by atoms with E-state index in [4.69, 9.17) is 5.73 Å². The predicted molar refractivity (Wildman–Crippen MR) is 115 cm³/mol. The average Bonchev–Trinajstić information content (AvgIpc) is 3.49. The smallest absolute Gasteiger partial charge is 0.341 e. The molecule has 32 heavy (non-hydrogen) atoms. The number of carbonyl (C=O) groups excluding carboxylic acids is 1. The van der Waals surface area contributed by atoms with E-state index < -0.39 is 40.1 Å². The molecule has 2 atom stereocenters. The number of pyridine rings is 1. The minimum atomic E-state index is -1.43. The number of fused-ring (bicyclic) bond motifs is 1. The lowest BCUT2D eigenvalue weighted by Gasteiger charge is -2.27. The first-order chi connectivity index (χ1) is 15.0. The van der Waals surface area contributed by atoms with Crippen molar-refractivity contribution in [1.29, 1.82) is 0 Å². The Bertz CT molecular complexity index is 1170. The van der Waals surface area contributed by atoms with Crippen LogP contribution in [-0.4, -0.2) is 47.2 Å². The molecule has 1 saturated heterocycles. The van der Waals surface area contributed by atoms with E-state index in [9.17, 15) is 19.5 Å². The van der Waals surface area contributed by atoms with Crippen molar-refractivity contribution < 1.29 is 23.5 Å². The molecule has 1 aromatic heterocycles. The van der Waals surface area contributed by atoms with E-state index in [0.717, 1.165) is 25.1 Å². The van der Waals surface area contributed by atoms with E-state index in [1.807, 2.05) is 6.92 Å². The number of nitrogens with one attached hydrogen (secondary N) is 1. The van der Waals surface area contributed by atoms with Crippen molar-refractivity contribution in [3.8, 4) is 0 Å². The third-order valence-corrected chi connectivity index (χ3v) is 6.33. The molecule has 2 fully saturated rings. The summed E-state index contributed by atoms with van der Waals surface area (Å²) in [6.45, 7) is 4.48. The molecular weight excluding hydrogens is 422 g/mol. The normalized spacial score (nSPS) is 21.7. The number of halogens is 2. The van der Waals surface area contributed by atoms with Crippen LogP contribution >= 0.6 is 0 Å². The van der Waals surface area contributed by atoms with Gasteiger partial charge in [-0.3, -0.25) is 9.59 Å². The van der Waals surface area contributed by atoms with Gasteiger partial charge >= 0.3 is 5.97 Å². The van der Waals surface area contributed by atoms with Crippen LogP contribution in [0.15, 0.2) is 17.1 Å². The highest BCUT2D eigenvalue weighted by Crippen LogP contribution is 2.41. The molecule has 1 saturated carbocycles. The quantitative estimate of drug-likeness (QED) is 0.622. The van der Waals surface area contributed by atoms with E-state index >= 15 is 8.78 Å². The Kier molecular flexibility index (Phi) is 5.44. The first-order valence-corrected chi connectivity index (χ1v) is 10.6. The molecule has 2 heterocycles. The van der Waals surface area contributed by atoms with Crippen LogP contribution in [0, 0.1) is 17.0 Å². The number of carboxylic acids is 1. The fourth-order valence-electron chi connectivity index (χ4n) is 4.33. The minimum Gasteiger partial charge on any atom is -0.477 e. The van der Waals surface area contributed by atoms with Gasteiger partial charge in [0, 0.05) is 37.3 Å². The van der Waals surface area contributed by atoms with Crippen molar-refractivity contribution in [3.05, 3.63) is 39.7 Å². The number of rotatable bonds is 6. The lowest BCUT2D eigenvalue weighted by molar-refractivity contribution is -0.122. The van der Waals surface area contributed by atoms with Gasteiger partial charge in [0.25, 0.3) is 0 Å². The van der Waals surface area contributed by atoms with Crippen LogP contribution in [0.3, 0.4) is 0 Å². The molecule has 10 heteroatoms. The highest BCUT2D eigenvalue weighted by molar-refractivity contribution is 5.94. The number of amides is 1. The second-order valence-electron chi connectivity index (χ2n) is 9.22. The molecule has 0 spiro atoms. The Morgan fingerprint density at radius 3 is 2.66 bits per heavy atom.